The molecule has 0 atom stereocenters. The van der Waals surface area contributed by atoms with E-state index in [4.69, 9.17) is 16.7 Å². The molecule has 0 aliphatic carbocycles. The van der Waals surface area contributed by atoms with Crippen LogP contribution in [0.4, 0.5) is 0 Å². The summed E-state index contributed by atoms with van der Waals surface area (Å²) in [4.78, 5) is 19.1. The highest BCUT2D eigenvalue weighted by Crippen LogP contribution is 1.91. The van der Waals surface area contributed by atoms with E-state index in [9.17, 15) is 9.59 Å². The van der Waals surface area contributed by atoms with Gasteiger partial charge in [-0.1, -0.05) is 13.2 Å². The molecule has 1 N–H and O–H groups in total. The summed E-state index contributed by atoms with van der Waals surface area (Å²) >= 11 is 4.87. The Kier molecular flexibility index (Phi) is 8.03. The third-order valence-corrected chi connectivity index (χ3v) is 0.833. The van der Waals surface area contributed by atoms with Crippen LogP contribution >= 0.6 is 11.6 Å². The summed E-state index contributed by atoms with van der Waals surface area (Å²) < 4.78 is 0. The predicted octanol–water partition coefficient (Wildman–Crippen LogP) is 1.58. The van der Waals surface area contributed by atoms with Crippen molar-refractivity contribution in [3.05, 3.63) is 24.8 Å². The summed E-state index contributed by atoms with van der Waals surface area (Å²) in [6.45, 7) is 7.80. The van der Waals surface area contributed by atoms with Crippen LogP contribution < -0.4 is 0 Å². The molecule has 11 heavy (non-hydrogen) atoms. The summed E-state index contributed by atoms with van der Waals surface area (Å²) in [5.41, 5.74) is 0.386. The number of carboxylic acid groups (broad SMARTS) is 1. The molecule has 4 heteroatoms. The van der Waals surface area contributed by atoms with E-state index in [0.29, 0.717) is 5.57 Å². The van der Waals surface area contributed by atoms with Crippen molar-refractivity contribution >= 4 is 22.8 Å². The average Bonchev–Trinajstić information content (AvgIpc) is 1.89. The Hall–Kier alpha value is -1.09. The lowest BCUT2D eigenvalue weighted by atomic mass is 10.4. The molecule has 0 aromatic rings. The van der Waals surface area contributed by atoms with Crippen molar-refractivity contribution in [3.8, 4) is 0 Å². The van der Waals surface area contributed by atoms with Crippen LogP contribution in [-0.2, 0) is 9.59 Å². The summed E-state index contributed by atoms with van der Waals surface area (Å²) in [5.74, 6) is -0.981. The second kappa shape index (κ2) is 7.02. The molecule has 0 saturated heterocycles. The van der Waals surface area contributed by atoms with E-state index in [-0.39, 0.29) is 0 Å². The molecule has 0 unspecified atom stereocenters. The van der Waals surface area contributed by atoms with Crippen LogP contribution in [0.5, 0.6) is 0 Å². The second-order valence-corrected chi connectivity index (χ2v) is 1.94. The van der Waals surface area contributed by atoms with Crippen LogP contribution in [0, 0.1) is 0 Å². The van der Waals surface area contributed by atoms with Crippen molar-refractivity contribution in [2.24, 2.45) is 0 Å². The Morgan fingerprint density at radius 2 is 1.73 bits per heavy atom. The van der Waals surface area contributed by atoms with E-state index in [1.807, 2.05) is 0 Å². The number of carbonyl (C=O) groups excluding carboxylic acids is 1. The molecule has 0 rings (SSSR count). The van der Waals surface area contributed by atoms with Gasteiger partial charge in [-0.3, -0.25) is 4.79 Å². The predicted molar refractivity (Wildman–Crippen MR) is 43.5 cm³/mol. The van der Waals surface area contributed by atoms with E-state index >= 15 is 0 Å². The number of halogens is 1. The third kappa shape index (κ3) is 17.6. The van der Waals surface area contributed by atoms with Gasteiger partial charge in [0.2, 0.25) is 5.24 Å². The summed E-state index contributed by atoms with van der Waals surface area (Å²) in [6.07, 6.45) is 0.833. The molecule has 0 saturated carbocycles. The monoisotopic (exact) mass is 176 g/mol. The van der Waals surface area contributed by atoms with E-state index in [1.165, 1.54) is 0 Å². The number of hydrogen-bond acceptors (Lipinski definition) is 2. The zero-order valence-electron chi connectivity index (χ0n) is 6.13. The van der Waals surface area contributed by atoms with Crippen LogP contribution in [-0.4, -0.2) is 16.3 Å². The second-order valence-electron chi connectivity index (χ2n) is 1.60. The maximum absolute atomic E-state index is 9.81. The molecular weight excluding hydrogens is 168 g/mol. The largest absolute Gasteiger partial charge is 0.478 e. The van der Waals surface area contributed by atoms with Crippen molar-refractivity contribution in [1.29, 1.82) is 0 Å². The van der Waals surface area contributed by atoms with Crippen LogP contribution in [0.25, 0.3) is 0 Å². The lowest BCUT2D eigenvalue weighted by molar-refractivity contribution is -0.131. The van der Waals surface area contributed by atoms with Crippen molar-refractivity contribution in [2.75, 3.05) is 0 Å². The van der Waals surface area contributed by atoms with Gasteiger partial charge in [-0.15, -0.1) is 0 Å². The van der Waals surface area contributed by atoms with Gasteiger partial charge in [-0.05, 0) is 18.5 Å². The molecule has 0 aromatic carbocycles. The van der Waals surface area contributed by atoms with E-state index in [2.05, 4.69) is 13.2 Å². The molecular formula is C7H9ClO3. The highest BCUT2D eigenvalue weighted by atomic mass is 35.5. The van der Waals surface area contributed by atoms with Gasteiger partial charge < -0.3 is 5.11 Å². The lowest BCUT2D eigenvalue weighted by Gasteiger charge is -1.77. The fourth-order valence-electron chi connectivity index (χ4n) is 0. The van der Waals surface area contributed by atoms with Gasteiger partial charge in [-0.25, -0.2) is 4.79 Å². The smallest absolute Gasteiger partial charge is 0.327 e. The van der Waals surface area contributed by atoms with Gasteiger partial charge >= 0.3 is 5.97 Å². The van der Waals surface area contributed by atoms with Crippen LogP contribution in [0.1, 0.15) is 6.92 Å². The molecule has 0 amide bonds. The Balaban J connectivity index is 0. The number of rotatable bonds is 2. The number of aliphatic carboxylic acids is 1. The molecule has 0 aromatic heterocycles. The van der Waals surface area contributed by atoms with Crippen LogP contribution in [0.15, 0.2) is 24.8 Å². The Bertz CT molecular complexity index is 172. The molecule has 3 nitrogen and oxygen atoms in total. The fourth-order valence-corrected chi connectivity index (χ4v) is 0. The Morgan fingerprint density at radius 3 is 1.73 bits per heavy atom. The van der Waals surface area contributed by atoms with Gasteiger partial charge in [0.05, 0.1) is 0 Å². The van der Waals surface area contributed by atoms with Crippen molar-refractivity contribution in [2.45, 2.75) is 6.92 Å². The first-order chi connectivity index (χ1) is 4.91. The molecule has 0 radical (unpaired) electrons. The number of carbonyl (C=O) groups is 2. The average molecular weight is 177 g/mol. The number of hydrogen-bond donors (Lipinski definition) is 1. The minimum Gasteiger partial charge on any atom is -0.478 e. The minimum atomic E-state index is -0.981. The maximum atomic E-state index is 9.81. The van der Waals surface area contributed by atoms with Crippen LogP contribution in [0.3, 0.4) is 0 Å². The topological polar surface area (TPSA) is 54.4 Å². The quantitative estimate of drug-likeness (QED) is 0.514. The zero-order valence-corrected chi connectivity index (χ0v) is 6.89. The van der Waals surface area contributed by atoms with Crippen molar-refractivity contribution < 1.29 is 14.7 Å². The van der Waals surface area contributed by atoms with Crippen LogP contribution in [0.2, 0.25) is 0 Å². The highest BCUT2D eigenvalue weighted by Gasteiger charge is 1.89. The van der Waals surface area contributed by atoms with Gasteiger partial charge in [-0.2, -0.15) is 0 Å². The summed E-state index contributed by atoms with van der Waals surface area (Å²) in [6, 6.07) is 0. The van der Waals surface area contributed by atoms with Gasteiger partial charge in [0.1, 0.15) is 0 Å². The number of carboxylic acids is 1. The van der Waals surface area contributed by atoms with Gasteiger partial charge in [0.25, 0.3) is 0 Å². The highest BCUT2D eigenvalue weighted by molar-refractivity contribution is 6.67. The molecule has 0 heterocycles. The first-order valence-corrected chi connectivity index (χ1v) is 3.00. The van der Waals surface area contributed by atoms with E-state index < -0.39 is 11.2 Å². The Labute approximate surface area is 70.0 Å². The molecule has 0 spiro atoms. The van der Waals surface area contributed by atoms with Crippen molar-refractivity contribution in [3.63, 3.8) is 0 Å². The standard InChI is InChI=1S/C4H5ClO.C3H4O2/c1-3(2)4(5)6;1-2-3(4)5/h1H2,2H3;2H,1H2,(H,4,5). The van der Waals surface area contributed by atoms with Gasteiger partial charge in [0, 0.05) is 11.6 Å². The molecule has 0 aliphatic heterocycles. The third-order valence-electron chi connectivity index (χ3n) is 0.510. The van der Waals surface area contributed by atoms with Crippen molar-refractivity contribution in [1.82, 2.24) is 0 Å². The Morgan fingerprint density at radius 1 is 1.55 bits per heavy atom. The zero-order chi connectivity index (χ0) is 9.44. The SMILES string of the molecule is C=C(C)C(=O)Cl.C=CC(=O)O. The summed E-state index contributed by atoms with van der Waals surface area (Å²) in [7, 11) is 0. The normalized spacial score (nSPS) is 7.09. The first-order valence-electron chi connectivity index (χ1n) is 2.62. The molecule has 0 aliphatic rings. The fraction of sp³-hybridized carbons (Fsp3) is 0.143. The summed E-state index contributed by atoms with van der Waals surface area (Å²) in [5, 5.41) is 7.14. The van der Waals surface area contributed by atoms with Gasteiger partial charge in [0.15, 0.2) is 0 Å². The molecule has 0 fully saturated rings. The maximum Gasteiger partial charge on any atom is 0.327 e. The van der Waals surface area contributed by atoms with E-state index in [0.717, 1.165) is 6.08 Å². The first kappa shape index (κ1) is 12.6. The molecule has 0 bridgehead atoms. The van der Waals surface area contributed by atoms with E-state index in [1.54, 1.807) is 6.92 Å². The molecule has 62 valence electrons. The number of allylic oxidation sites excluding steroid dienone is 1. The minimum absolute atomic E-state index is 0.386. The lowest BCUT2D eigenvalue weighted by Crippen LogP contribution is -1.82.